The number of non-ortho nitro benzene ring substituents is 1. The molecule has 0 aromatic heterocycles. The van der Waals surface area contributed by atoms with E-state index in [1.165, 1.54) is 12.1 Å². The fraction of sp³-hybridized carbons (Fsp3) is 0.250. The van der Waals surface area contributed by atoms with Gasteiger partial charge in [-0.05, 0) is 6.92 Å². The lowest BCUT2D eigenvalue weighted by Gasteiger charge is -1.95. The molecule has 1 aromatic carbocycles. The molecule has 2 N–H and O–H groups in total. The van der Waals surface area contributed by atoms with Gasteiger partial charge in [-0.2, -0.15) is 0 Å². The average Bonchev–Trinajstić information content (AvgIpc) is 2.06. The molecule has 0 atom stereocenters. The van der Waals surface area contributed by atoms with Gasteiger partial charge in [0.2, 0.25) is 0 Å². The minimum atomic E-state index is -0.393. The molecule has 0 radical (unpaired) electrons. The van der Waals surface area contributed by atoms with Gasteiger partial charge in [-0.15, -0.1) is 0 Å². The van der Waals surface area contributed by atoms with Crippen molar-refractivity contribution >= 4 is 11.4 Å². The molecular formula is C8H11N2O2+. The standard InChI is InChI=1S/C8H10N2O2/c1-2-9-7-3-5-8(6-4-7)10(11)12/h3-6,9H,2H2,1H3/p+1. The number of nitrogens with zero attached hydrogens (tertiary/aromatic N) is 1. The van der Waals surface area contributed by atoms with E-state index in [1.54, 1.807) is 12.1 Å². The number of quaternary nitrogens is 1. The van der Waals surface area contributed by atoms with Crippen LogP contribution in [0.5, 0.6) is 0 Å². The van der Waals surface area contributed by atoms with Crippen LogP contribution in [0.2, 0.25) is 0 Å². The zero-order chi connectivity index (χ0) is 8.97. The van der Waals surface area contributed by atoms with E-state index in [0.29, 0.717) is 0 Å². The summed E-state index contributed by atoms with van der Waals surface area (Å²) in [5.41, 5.74) is 1.17. The quantitative estimate of drug-likeness (QED) is 0.411. The average molecular weight is 167 g/mol. The predicted molar refractivity (Wildman–Crippen MR) is 45.2 cm³/mol. The van der Waals surface area contributed by atoms with Crippen LogP contribution >= 0.6 is 0 Å². The highest BCUT2D eigenvalue weighted by molar-refractivity contribution is 5.39. The summed E-state index contributed by atoms with van der Waals surface area (Å²) in [7, 11) is 0. The van der Waals surface area contributed by atoms with Crippen molar-refractivity contribution in [1.29, 1.82) is 0 Å². The van der Waals surface area contributed by atoms with Gasteiger partial charge in [0.1, 0.15) is 5.69 Å². The number of nitrogens with two attached hydrogens (primary N) is 1. The number of nitro benzene ring substituents is 1. The lowest BCUT2D eigenvalue weighted by molar-refractivity contribution is -0.567. The molecule has 64 valence electrons. The molecule has 0 fully saturated rings. The van der Waals surface area contributed by atoms with Gasteiger partial charge < -0.3 is 5.32 Å². The van der Waals surface area contributed by atoms with Crippen molar-refractivity contribution in [3.63, 3.8) is 0 Å². The minimum absolute atomic E-state index is 0.142. The Labute approximate surface area is 70.4 Å². The largest absolute Gasteiger partial charge is 0.314 e. The fourth-order valence-corrected chi connectivity index (χ4v) is 0.968. The molecule has 0 spiro atoms. The molecule has 0 amide bonds. The van der Waals surface area contributed by atoms with Gasteiger partial charge in [0, 0.05) is 24.3 Å². The third-order valence-corrected chi connectivity index (χ3v) is 1.54. The summed E-state index contributed by atoms with van der Waals surface area (Å²) in [4.78, 5) is 9.87. The van der Waals surface area contributed by atoms with Gasteiger partial charge in [0.25, 0.3) is 5.69 Å². The van der Waals surface area contributed by atoms with Crippen LogP contribution in [0.1, 0.15) is 6.92 Å². The maximum Gasteiger partial charge on any atom is 0.269 e. The third kappa shape index (κ3) is 2.03. The van der Waals surface area contributed by atoms with Crippen molar-refractivity contribution in [2.45, 2.75) is 6.92 Å². The molecule has 0 heterocycles. The number of benzene rings is 1. The van der Waals surface area contributed by atoms with Gasteiger partial charge >= 0.3 is 0 Å². The normalized spacial score (nSPS) is 9.75. The van der Waals surface area contributed by atoms with Crippen LogP contribution in [0.4, 0.5) is 11.4 Å². The van der Waals surface area contributed by atoms with E-state index in [0.717, 1.165) is 12.2 Å². The Morgan fingerprint density at radius 1 is 1.42 bits per heavy atom. The van der Waals surface area contributed by atoms with Crippen molar-refractivity contribution in [2.75, 3.05) is 6.54 Å². The lowest BCUT2D eigenvalue weighted by atomic mass is 10.3. The first-order chi connectivity index (χ1) is 5.74. The molecular weight excluding hydrogens is 156 g/mol. The van der Waals surface area contributed by atoms with Gasteiger partial charge in [-0.3, -0.25) is 10.1 Å². The number of hydrogen-bond donors (Lipinski definition) is 1. The Hall–Kier alpha value is -1.42. The van der Waals surface area contributed by atoms with Gasteiger partial charge in [-0.1, -0.05) is 0 Å². The highest BCUT2D eigenvalue weighted by Gasteiger charge is 2.04. The molecule has 0 aliphatic rings. The van der Waals surface area contributed by atoms with E-state index in [-0.39, 0.29) is 5.69 Å². The molecule has 0 bridgehead atoms. The van der Waals surface area contributed by atoms with Crippen LogP contribution in [0.15, 0.2) is 24.3 Å². The van der Waals surface area contributed by atoms with Crippen molar-refractivity contribution < 1.29 is 10.2 Å². The number of rotatable bonds is 3. The Kier molecular flexibility index (Phi) is 2.76. The predicted octanol–water partition coefficient (Wildman–Crippen LogP) is 0.810. The summed E-state index contributed by atoms with van der Waals surface area (Å²) < 4.78 is 0. The Morgan fingerprint density at radius 3 is 2.42 bits per heavy atom. The monoisotopic (exact) mass is 167 g/mol. The topological polar surface area (TPSA) is 59.8 Å². The van der Waals surface area contributed by atoms with Crippen LogP contribution in [-0.4, -0.2) is 11.5 Å². The van der Waals surface area contributed by atoms with Crippen LogP contribution in [0, 0.1) is 10.1 Å². The van der Waals surface area contributed by atoms with Crippen LogP contribution in [0.25, 0.3) is 0 Å². The molecule has 0 aliphatic heterocycles. The van der Waals surface area contributed by atoms with Crippen molar-refractivity contribution in [1.82, 2.24) is 0 Å². The number of hydrogen-bond acceptors (Lipinski definition) is 2. The highest BCUT2D eigenvalue weighted by Crippen LogP contribution is 2.11. The molecule has 1 aromatic rings. The van der Waals surface area contributed by atoms with Gasteiger partial charge in [0.15, 0.2) is 0 Å². The summed E-state index contributed by atoms with van der Waals surface area (Å²) in [5.74, 6) is 0. The van der Waals surface area contributed by atoms with E-state index in [2.05, 4.69) is 0 Å². The summed E-state index contributed by atoms with van der Waals surface area (Å²) >= 11 is 0. The Balaban J connectivity index is 2.78. The fourth-order valence-electron chi connectivity index (χ4n) is 0.968. The van der Waals surface area contributed by atoms with E-state index >= 15 is 0 Å². The van der Waals surface area contributed by atoms with Gasteiger partial charge in [-0.25, -0.2) is 0 Å². The molecule has 4 nitrogen and oxygen atoms in total. The number of nitro groups is 1. The molecule has 0 saturated heterocycles. The van der Waals surface area contributed by atoms with Crippen molar-refractivity contribution in [3.8, 4) is 0 Å². The molecule has 4 heteroatoms. The van der Waals surface area contributed by atoms with Crippen LogP contribution in [-0.2, 0) is 0 Å². The maximum atomic E-state index is 10.3. The smallest absolute Gasteiger partial charge is 0.269 e. The molecule has 12 heavy (non-hydrogen) atoms. The highest BCUT2D eigenvalue weighted by atomic mass is 16.6. The Bertz CT molecular complexity index is 269. The molecule has 1 rings (SSSR count). The molecule has 0 aliphatic carbocycles. The van der Waals surface area contributed by atoms with Gasteiger partial charge in [0.05, 0.1) is 11.5 Å². The summed E-state index contributed by atoms with van der Waals surface area (Å²) in [6.07, 6.45) is 0. The maximum absolute atomic E-state index is 10.3. The first kappa shape index (κ1) is 8.67. The Morgan fingerprint density at radius 2 is 2.00 bits per heavy atom. The third-order valence-electron chi connectivity index (χ3n) is 1.54. The molecule has 0 unspecified atom stereocenters. The lowest BCUT2D eigenvalue weighted by Crippen LogP contribution is -2.77. The molecule has 0 saturated carbocycles. The SMILES string of the molecule is CC[NH2+]c1ccc([N+](=O)[O-])cc1. The van der Waals surface area contributed by atoms with E-state index in [4.69, 9.17) is 0 Å². The van der Waals surface area contributed by atoms with E-state index in [1.807, 2.05) is 12.2 Å². The van der Waals surface area contributed by atoms with Crippen LogP contribution < -0.4 is 5.32 Å². The van der Waals surface area contributed by atoms with Crippen LogP contribution in [0.3, 0.4) is 0 Å². The second-order valence-corrected chi connectivity index (χ2v) is 2.46. The van der Waals surface area contributed by atoms with Crippen molar-refractivity contribution in [2.24, 2.45) is 0 Å². The first-order valence-corrected chi connectivity index (χ1v) is 3.81. The summed E-state index contributed by atoms with van der Waals surface area (Å²) in [6, 6.07) is 6.53. The second kappa shape index (κ2) is 3.82. The van der Waals surface area contributed by atoms with E-state index < -0.39 is 4.92 Å². The minimum Gasteiger partial charge on any atom is -0.314 e. The second-order valence-electron chi connectivity index (χ2n) is 2.46. The summed E-state index contributed by atoms with van der Waals surface area (Å²) in [6.45, 7) is 2.97. The first-order valence-electron chi connectivity index (χ1n) is 3.81. The zero-order valence-corrected chi connectivity index (χ0v) is 6.86. The van der Waals surface area contributed by atoms with Crippen molar-refractivity contribution in [3.05, 3.63) is 34.4 Å². The van der Waals surface area contributed by atoms with E-state index in [9.17, 15) is 10.1 Å². The summed E-state index contributed by atoms with van der Waals surface area (Å²) in [5, 5.41) is 12.3. The zero-order valence-electron chi connectivity index (χ0n) is 6.86.